The minimum absolute atomic E-state index is 0.321. The molecule has 0 heterocycles. The largest absolute Gasteiger partial charge is 0.459 e. The molecular weight excluding hydrogens is 540 g/mol. The number of methoxy groups -OCH3 is 3. The van der Waals surface area contributed by atoms with Crippen LogP contribution in [0.2, 0.25) is 0 Å². The highest BCUT2D eigenvalue weighted by atomic mass is 16.6. The molecule has 0 spiro atoms. The topological polar surface area (TPSA) is 107 Å². The maximum Gasteiger partial charge on any atom is 0.340 e. The van der Waals surface area contributed by atoms with Crippen LogP contribution in [0, 0.1) is 0 Å². The number of carbonyl (C=O) groups is 3. The standard InChI is InChI=1S/C33H38O9/c1-5-15-26(41-32(35)29(38-3)24-18-11-7-12-19-24)27(42-33(36)30(39-4)25-20-13-8-14-21-25)22-40-31(34)28(37-2)23-16-9-6-10-17-23/h6-14,16-21,26-30H,5,15,22H2,1-4H3/t26-,27-,28-,29-,30-/m0/s1. The zero-order valence-electron chi connectivity index (χ0n) is 24.3. The molecule has 42 heavy (non-hydrogen) atoms. The number of carbonyl (C=O) groups excluding carboxylic acids is 3. The summed E-state index contributed by atoms with van der Waals surface area (Å²) in [6.07, 6.45) is -4.24. The van der Waals surface area contributed by atoms with Crippen molar-refractivity contribution in [3.05, 3.63) is 108 Å². The van der Waals surface area contributed by atoms with Crippen molar-refractivity contribution >= 4 is 17.9 Å². The van der Waals surface area contributed by atoms with Crippen molar-refractivity contribution in [1.29, 1.82) is 0 Å². The third kappa shape index (κ3) is 8.97. The first-order chi connectivity index (χ1) is 20.4. The molecule has 3 rings (SSSR count). The van der Waals surface area contributed by atoms with E-state index in [4.69, 9.17) is 28.4 Å². The van der Waals surface area contributed by atoms with E-state index in [0.717, 1.165) is 0 Å². The van der Waals surface area contributed by atoms with Crippen molar-refractivity contribution in [2.24, 2.45) is 0 Å². The zero-order chi connectivity index (χ0) is 30.3. The Labute approximate surface area is 246 Å². The number of rotatable bonds is 16. The lowest BCUT2D eigenvalue weighted by Gasteiger charge is -2.29. The Morgan fingerprint density at radius 3 is 1.26 bits per heavy atom. The minimum atomic E-state index is -1.15. The van der Waals surface area contributed by atoms with Crippen LogP contribution in [0.5, 0.6) is 0 Å². The maximum atomic E-state index is 13.4. The monoisotopic (exact) mass is 578 g/mol. The predicted molar refractivity (Wildman–Crippen MR) is 154 cm³/mol. The molecule has 0 saturated heterocycles. The summed E-state index contributed by atoms with van der Waals surface area (Å²) in [5.74, 6) is -2.07. The zero-order valence-corrected chi connectivity index (χ0v) is 24.3. The molecule has 9 nitrogen and oxygen atoms in total. The summed E-state index contributed by atoms with van der Waals surface area (Å²) in [5.41, 5.74) is 1.79. The van der Waals surface area contributed by atoms with Gasteiger partial charge in [0, 0.05) is 21.3 Å². The summed E-state index contributed by atoms with van der Waals surface area (Å²) < 4.78 is 33.6. The van der Waals surface area contributed by atoms with Crippen LogP contribution < -0.4 is 0 Å². The van der Waals surface area contributed by atoms with E-state index in [1.165, 1.54) is 21.3 Å². The van der Waals surface area contributed by atoms with Crippen molar-refractivity contribution in [1.82, 2.24) is 0 Å². The molecular formula is C33H38O9. The normalized spacial score (nSPS) is 14.6. The van der Waals surface area contributed by atoms with Crippen molar-refractivity contribution in [2.75, 3.05) is 27.9 Å². The Morgan fingerprint density at radius 2 is 0.905 bits per heavy atom. The van der Waals surface area contributed by atoms with Gasteiger partial charge in [-0.1, -0.05) is 104 Å². The van der Waals surface area contributed by atoms with Crippen molar-refractivity contribution in [3.63, 3.8) is 0 Å². The molecule has 0 fully saturated rings. The molecule has 0 radical (unpaired) electrons. The third-order valence-corrected chi connectivity index (χ3v) is 6.57. The van der Waals surface area contributed by atoms with Gasteiger partial charge in [0.25, 0.3) is 0 Å². The molecule has 0 bridgehead atoms. The van der Waals surface area contributed by atoms with E-state index in [1.54, 1.807) is 72.8 Å². The molecule has 0 N–H and O–H groups in total. The Kier molecular flexibility index (Phi) is 13.2. The van der Waals surface area contributed by atoms with Gasteiger partial charge in [-0.2, -0.15) is 0 Å². The Balaban J connectivity index is 1.85. The fourth-order valence-corrected chi connectivity index (χ4v) is 4.47. The summed E-state index contributed by atoms with van der Waals surface area (Å²) in [4.78, 5) is 39.7. The van der Waals surface area contributed by atoms with E-state index in [1.807, 2.05) is 25.1 Å². The SMILES string of the molecule is CCC[C@H](OC(=O)[C@@H](OC)c1ccccc1)[C@H](COC(=O)[C@@H](OC)c1ccccc1)OC(=O)[C@@H](OC)c1ccccc1. The van der Waals surface area contributed by atoms with Crippen LogP contribution in [0.25, 0.3) is 0 Å². The van der Waals surface area contributed by atoms with Gasteiger partial charge in [-0.15, -0.1) is 0 Å². The average molecular weight is 579 g/mol. The van der Waals surface area contributed by atoms with E-state index in [2.05, 4.69) is 0 Å². The lowest BCUT2D eigenvalue weighted by atomic mass is 10.1. The van der Waals surface area contributed by atoms with Gasteiger partial charge in [-0.3, -0.25) is 0 Å². The first-order valence-electron chi connectivity index (χ1n) is 13.7. The fraction of sp³-hybridized carbons (Fsp3) is 0.364. The fourth-order valence-electron chi connectivity index (χ4n) is 4.47. The Morgan fingerprint density at radius 1 is 0.548 bits per heavy atom. The second-order valence-corrected chi connectivity index (χ2v) is 9.45. The molecule has 224 valence electrons. The Bertz CT molecular complexity index is 1230. The van der Waals surface area contributed by atoms with Crippen LogP contribution in [0.3, 0.4) is 0 Å². The molecule has 0 aliphatic heterocycles. The summed E-state index contributed by atoms with van der Waals surface area (Å²) in [6, 6.07) is 26.6. The lowest BCUT2D eigenvalue weighted by Crippen LogP contribution is -2.41. The molecule has 0 amide bonds. The van der Waals surface area contributed by atoms with Gasteiger partial charge in [-0.25, -0.2) is 14.4 Å². The number of esters is 3. The third-order valence-electron chi connectivity index (χ3n) is 6.57. The van der Waals surface area contributed by atoms with E-state index >= 15 is 0 Å². The van der Waals surface area contributed by atoms with Crippen LogP contribution in [-0.2, 0) is 42.8 Å². The summed E-state index contributed by atoms with van der Waals surface area (Å²) >= 11 is 0. The van der Waals surface area contributed by atoms with Gasteiger partial charge in [0.05, 0.1) is 0 Å². The van der Waals surface area contributed by atoms with E-state index in [-0.39, 0.29) is 6.61 Å². The van der Waals surface area contributed by atoms with Gasteiger partial charge < -0.3 is 28.4 Å². The molecule has 3 aromatic rings. The molecule has 0 aliphatic rings. The van der Waals surface area contributed by atoms with Gasteiger partial charge in [-0.05, 0) is 23.1 Å². The van der Waals surface area contributed by atoms with Gasteiger partial charge in [0.15, 0.2) is 24.4 Å². The van der Waals surface area contributed by atoms with E-state index in [0.29, 0.717) is 29.5 Å². The smallest absolute Gasteiger partial charge is 0.340 e. The van der Waals surface area contributed by atoms with Crippen molar-refractivity contribution in [2.45, 2.75) is 50.3 Å². The highest BCUT2D eigenvalue weighted by Gasteiger charge is 2.35. The Hall–Kier alpha value is -4.05. The molecule has 0 saturated carbocycles. The molecule has 5 atom stereocenters. The number of ether oxygens (including phenoxy) is 6. The van der Waals surface area contributed by atoms with Crippen molar-refractivity contribution in [3.8, 4) is 0 Å². The quantitative estimate of drug-likeness (QED) is 0.165. The first-order valence-corrected chi connectivity index (χ1v) is 13.7. The second-order valence-electron chi connectivity index (χ2n) is 9.45. The number of hydrogen-bond acceptors (Lipinski definition) is 9. The van der Waals surface area contributed by atoms with E-state index in [9.17, 15) is 14.4 Å². The molecule has 0 aromatic heterocycles. The predicted octanol–water partition coefficient (Wildman–Crippen LogP) is 5.32. The van der Waals surface area contributed by atoms with Crippen LogP contribution >= 0.6 is 0 Å². The number of benzene rings is 3. The number of hydrogen-bond donors (Lipinski definition) is 0. The molecule has 9 heteroatoms. The molecule has 0 aliphatic carbocycles. The van der Waals surface area contributed by atoms with Crippen LogP contribution in [0.15, 0.2) is 91.0 Å². The highest BCUT2D eigenvalue weighted by Crippen LogP contribution is 2.25. The van der Waals surface area contributed by atoms with Crippen LogP contribution in [0.1, 0.15) is 54.8 Å². The summed E-state index contributed by atoms with van der Waals surface area (Å²) in [7, 11) is 4.20. The van der Waals surface area contributed by atoms with E-state index < -0.39 is 48.4 Å². The van der Waals surface area contributed by atoms with Gasteiger partial charge in [0.2, 0.25) is 0 Å². The maximum absolute atomic E-state index is 13.4. The average Bonchev–Trinajstić information content (AvgIpc) is 3.02. The summed E-state index contributed by atoms with van der Waals surface area (Å²) in [5, 5.41) is 0. The first kappa shape index (κ1) is 32.5. The van der Waals surface area contributed by atoms with Crippen molar-refractivity contribution < 1.29 is 42.8 Å². The van der Waals surface area contributed by atoms with Gasteiger partial charge >= 0.3 is 17.9 Å². The van der Waals surface area contributed by atoms with Crippen LogP contribution in [-0.4, -0.2) is 58.1 Å². The molecule has 0 unspecified atom stereocenters. The van der Waals surface area contributed by atoms with Gasteiger partial charge in [0.1, 0.15) is 12.7 Å². The highest BCUT2D eigenvalue weighted by molar-refractivity contribution is 5.78. The lowest BCUT2D eigenvalue weighted by molar-refractivity contribution is -0.189. The summed E-state index contributed by atoms with van der Waals surface area (Å²) in [6.45, 7) is 1.51. The minimum Gasteiger partial charge on any atom is -0.459 e. The molecule has 3 aromatic carbocycles. The second kappa shape index (κ2) is 17.0. The van der Waals surface area contributed by atoms with Crippen LogP contribution in [0.4, 0.5) is 0 Å².